The highest BCUT2D eigenvalue weighted by molar-refractivity contribution is 5.50. The normalized spacial score (nSPS) is 22.4. The Kier molecular flexibility index (Phi) is 4.51. The summed E-state index contributed by atoms with van der Waals surface area (Å²) in [5, 5.41) is 3.49. The highest BCUT2D eigenvalue weighted by Crippen LogP contribution is 2.28. The minimum atomic E-state index is 0.609. The SMILES string of the molecule is CCCN(c1ncnc2c1CCCCC2)C1CCNC1. The molecule has 1 aliphatic heterocycles. The summed E-state index contributed by atoms with van der Waals surface area (Å²) in [7, 11) is 0. The highest BCUT2D eigenvalue weighted by atomic mass is 15.2. The van der Waals surface area contributed by atoms with Crippen LogP contribution in [0.15, 0.2) is 6.33 Å². The molecule has 0 radical (unpaired) electrons. The van der Waals surface area contributed by atoms with Gasteiger partial charge in [-0.2, -0.15) is 0 Å². The van der Waals surface area contributed by atoms with E-state index in [1.54, 1.807) is 6.33 Å². The van der Waals surface area contributed by atoms with Crippen molar-refractivity contribution >= 4 is 5.82 Å². The van der Waals surface area contributed by atoms with Gasteiger partial charge in [-0.25, -0.2) is 9.97 Å². The van der Waals surface area contributed by atoms with Gasteiger partial charge in [0.25, 0.3) is 0 Å². The summed E-state index contributed by atoms with van der Waals surface area (Å²) in [5.74, 6) is 1.23. The van der Waals surface area contributed by atoms with Gasteiger partial charge >= 0.3 is 0 Å². The number of fused-ring (bicyclic) bond motifs is 1. The van der Waals surface area contributed by atoms with Crippen LogP contribution in [-0.2, 0) is 12.8 Å². The van der Waals surface area contributed by atoms with Gasteiger partial charge in [0, 0.05) is 30.4 Å². The number of hydrogen-bond donors (Lipinski definition) is 1. The van der Waals surface area contributed by atoms with Crippen LogP contribution in [0.4, 0.5) is 5.82 Å². The molecule has 0 aromatic carbocycles. The Morgan fingerprint density at radius 2 is 2.15 bits per heavy atom. The summed E-state index contributed by atoms with van der Waals surface area (Å²) in [4.78, 5) is 11.8. The van der Waals surface area contributed by atoms with E-state index >= 15 is 0 Å². The maximum atomic E-state index is 4.68. The Bertz CT molecular complexity index is 440. The zero-order chi connectivity index (χ0) is 13.8. The molecule has 1 unspecified atom stereocenters. The second-order valence-corrected chi connectivity index (χ2v) is 6.02. The summed E-state index contributed by atoms with van der Waals surface area (Å²) >= 11 is 0. The van der Waals surface area contributed by atoms with Gasteiger partial charge in [-0.3, -0.25) is 0 Å². The molecule has 1 aliphatic carbocycles. The van der Waals surface area contributed by atoms with Crippen molar-refractivity contribution in [2.75, 3.05) is 24.5 Å². The molecule has 0 saturated carbocycles. The number of anilines is 1. The first-order valence-corrected chi connectivity index (χ1v) is 8.20. The molecule has 1 N–H and O–H groups in total. The van der Waals surface area contributed by atoms with Crippen LogP contribution < -0.4 is 10.2 Å². The molecular formula is C16H26N4. The fourth-order valence-electron chi connectivity index (χ4n) is 3.54. The molecule has 1 atom stereocenters. The number of nitrogens with zero attached hydrogens (tertiary/aromatic N) is 3. The summed E-state index contributed by atoms with van der Waals surface area (Å²) in [6.07, 6.45) is 10.4. The van der Waals surface area contributed by atoms with E-state index in [4.69, 9.17) is 0 Å². The third-order valence-corrected chi connectivity index (χ3v) is 4.56. The average molecular weight is 274 g/mol. The van der Waals surface area contributed by atoms with E-state index in [1.807, 2.05) is 0 Å². The molecule has 0 amide bonds. The van der Waals surface area contributed by atoms with Crippen molar-refractivity contribution in [1.82, 2.24) is 15.3 Å². The number of rotatable bonds is 4. The average Bonchev–Trinajstić information content (AvgIpc) is 2.89. The molecule has 1 aromatic rings. The minimum absolute atomic E-state index is 0.609. The lowest BCUT2D eigenvalue weighted by Crippen LogP contribution is -2.39. The van der Waals surface area contributed by atoms with Crippen LogP contribution >= 0.6 is 0 Å². The van der Waals surface area contributed by atoms with Crippen LogP contribution in [0.5, 0.6) is 0 Å². The molecule has 1 saturated heterocycles. The fraction of sp³-hybridized carbons (Fsp3) is 0.750. The molecule has 1 aromatic heterocycles. The van der Waals surface area contributed by atoms with Gasteiger partial charge in [0.2, 0.25) is 0 Å². The van der Waals surface area contributed by atoms with Crippen LogP contribution in [0.3, 0.4) is 0 Å². The number of nitrogens with one attached hydrogen (secondary N) is 1. The first-order valence-electron chi connectivity index (χ1n) is 8.20. The Morgan fingerprint density at radius 1 is 1.25 bits per heavy atom. The maximum absolute atomic E-state index is 4.68. The minimum Gasteiger partial charge on any atom is -0.352 e. The van der Waals surface area contributed by atoms with E-state index in [0.717, 1.165) is 32.5 Å². The largest absolute Gasteiger partial charge is 0.352 e. The first-order chi connectivity index (χ1) is 9.90. The molecule has 0 spiro atoms. The zero-order valence-corrected chi connectivity index (χ0v) is 12.6. The predicted octanol–water partition coefficient (Wildman–Crippen LogP) is 2.32. The Labute approximate surface area is 122 Å². The van der Waals surface area contributed by atoms with Gasteiger partial charge in [-0.1, -0.05) is 13.3 Å². The van der Waals surface area contributed by atoms with Gasteiger partial charge in [-0.15, -0.1) is 0 Å². The van der Waals surface area contributed by atoms with Gasteiger partial charge in [0.15, 0.2) is 0 Å². The van der Waals surface area contributed by atoms with Crippen molar-refractivity contribution in [3.8, 4) is 0 Å². The topological polar surface area (TPSA) is 41.1 Å². The van der Waals surface area contributed by atoms with E-state index in [-0.39, 0.29) is 0 Å². The van der Waals surface area contributed by atoms with Gasteiger partial charge < -0.3 is 10.2 Å². The lowest BCUT2D eigenvalue weighted by Gasteiger charge is -2.31. The molecule has 4 heteroatoms. The van der Waals surface area contributed by atoms with Crippen molar-refractivity contribution in [3.63, 3.8) is 0 Å². The van der Waals surface area contributed by atoms with Crippen LogP contribution in [-0.4, -0.2) is 35.6 Å². The van der Waals surface area contributed by atoms with E-state index in [2.05, 4.69) is 27.1 Å². The van der Waals surface area contributed by atoms with E-state index in [1.165, 1.54) is 49.2 Å². The molecule has 4 nitrogen and oxygen atoms in total. The van der Waals surface area contributed by atoms with Crippen molar-refractivity contribution < 1.29 is 0 Å². The lowest BCUT2D eigenvalue weighted by molar-refractivity contribution is 0.612. The summed E-state index contributed by atoms with van der Waals surface area (Å²) < 4.78 is 0. The van der Waals surface area contributed by atoms with Crippen molar-refractivity contribution in [3.05, 3.63) is 17.6 Å². The van der Waals surface area contributed by atoms with Crippen LogP contribution in [0.2, 0.25) is 0 Å². The molecule has 110 valence electrons. The molecule has 2 aliphatic rings. The van der Waals surface area contributed by atoms with E-state index < -0.39 is 0 Å². The molecule has 3 rings (SSSR count). The van der Waals surface area contributed by atoms with Crippen LogP contribution in [0, 0.1) is 0 Å². The summed E-state index contributed by atoms with van der Waals surface area (Å²) in [6, 6.07) is 0.609. The quantitative estimate of drug-likeness (QED) is 0.856. The molecule has 1 fully saturated rings. The third kappa shape index (κ3) is 2.80. The highest BCUT2D eigenvalue weighted by Gasteiger charge is 2.26. The number of aromatic nitrogens is 2. The lowest BCUT2D eigenvalue weighted by atomic mass is 10.1. The monoisotopic (exact) mass is 274 g/mol. The second-order valence-electron chi connectivity index (χ2n) is 6.02. The molecular weight excluding hydrogens is 248 g/mol. The maximum Gasteiger partial charge on any atom is 0.135 e. The Balaban J connectivity index is 1.93. The standard InChI is InChI=1S/C16H26N4/c1-2-10-20(13-8-9-17-11-13)16-14-6-4-3-5-7-15(14)18-12-19-16/h12-13,17H,2-11H2,1H3. The third-order valence-electron chi connectivity index (χ3n) is 4.56. The fourth-order valence-corrected chi connectivity index (χ4v) is 3.54. The number of aryl methyl sites for hydroxylation is 1. The smallest absolute Gasteiger partial charge is 0.135 e. The van der Waals surface area contributed by atoms with Crippen molar-refractivity contribution in [1.29, 1.82) is 0 Å². The Morgan fingerprint density at radius 3 is 2.95 bits per heavy atom. The summed E-state index contributed by atoms with van der Waals surface area (Å²) in [5.41, 5.74) is 2.74. The van der Waals surface area contributed by atoms with Crippen molar-refractivity contribution in [2.24, 2.45) is 0 Å². The van der Waals surface area contributed by atoms with E-state index in [0.29, 0.717) is 6.04 Å². The summed E-state index contributed by atoms with van der Waals surface area (Å²) in [6.45, 7) is 5.60. The molecule has 0 bridgehead atoms. The Hall–Kier alpha value is -1.16. The zero-order valence-electron chi connectivity index (χ0n) is 12.6. The first kappa shape index (κ1) is 13.8. The van der Waals surface area contributed by atoms with Crippen molar-refractivity contribution in [2.45, 2.75) is 57.9 Å². The van der Waals surface area contributed by atoms with Gasteiger partial charge in [-0.05, 0) is 45.1 Å². The van der Waals surface area contributed by atoms with Gasteiger partial charge in [0.05, 0.1) is 0 Å². The van der Waals surface area contributed by atoms with Crippen LogP contribution in [0.25, 0.3) is 0 Å². The van der Waals surface area contributed by atoms with Crippen LogP contribution in [0.1, 0.15) is 50.3 Å². The van der Waals surface area contributed by atoms with E-state index in [9.17, 15) is 0 Å². The van der Waals surface area contributed by atoms with Gasteiger partial charge in [0.1, 0.15) is 12.1 Å². The number of hydrogen-bond acceptors (Lipinski definition) is 4. The predicted molar refractivity (Wildman–Crippen MR) is 82.2 cm³/mol. The second kappa shape index (κ2) is 6.53. The molecule has 20 heavy (non-hydrogen) atoms. The molecule has 2 heterocycles.